The Balaban J connectivity index is 2.00. The first kappa shape index (κ1) is 16.0. The van der Waals surface area contributed by atoms with Gasteiger partial charge in [0.15, 0.2) is 11.6 Å². The zero-order chi connectivity index (χ0) is 17.6. The fourth-order valence-corrected chi connectivity index (χ4v) is 2.34. The number of benzene rings is 1. The van der Waals surface area contributed by atoms with Crippen LogP contribution in [0.2, 0.25) is 0 Å². The number of nitrogens with two attached hydrogens (primary N) is 1. The van der Waals surface area contributed by atoms with Crippen molar-refractivity contribution in [1.82, 2.24) is 15.0 Å². The Morgan fingerprint density at radius 2 is 1.80 bits per heavy atom. The lowest BCUT2D eigenvalue weighted by atomic mass is 10.2. The van der Waals surface area contributed by atoms with Crippen molar-refractivity contribution in [3.8, 4) is 23.8 Å². The summed E-state index contributed by atoms with van der Waals surface area (Å²) in [4.78, 5) is 13.9. The van der Waals surface area contributed by atoms with Gasteiger partial charge in [0, 0.05) is 11.6 Å². The summed E-state index contributed by atoms with van der Waals surface area (Å²) in [6, 6.07) is 13.2. The van der Waals surface area contributed by atoms with Crippen LogP contribution in [0.5, 0.6) is 11.6 Å². The van der Waals surface area contributed by atoms with Crippen LogP contribution in [0.15, 0.2) is 42.9 Å². The van der Waals surface area contributed by atoms with Crippen LogP contribution in [0.4, 0.5) is 11.5 Å². The van der Waals surface area contributed by atoms with Crippen LogP contribution in [0.3, 0.4) is 0 Å². The number of rotatable bonds is 5. The molecule has 0 aliphatic carbocycles. The second kappa shape index (κ2) is 7.11. The second-order valence-electron chi connectivity index (χ2n) is 5.02. The number of nitrogen functional groups attached to an aromatic ring is 1. The number of nitrogens with zero attached hydrogens (tertiary/aromatic N) is 6. The molecule has 2 N–H and O–H groups in total. The molecule has 0 aliphatic rings. The zero-order valence-electron chi connectivity index (χ0n) is 13.1. The van der Waals surface area contributed by atoms with Crippen molar-refractivity contribution in [1.29, 1.82) is 10.5 Å². The quantitative estimate of drug-likeness (QED) is 0.706. The van der Waals surface area contributed by atoms with E-state index >= 15 is 0 Å². The summed E-state index contributed by atoms with van der Waals surface area (Å²) in [6.07, 6.45) is 2.95. The van der Waals surface area contributed by atoms with Gasteiger partial charge in [-0.05, 0) is 12.1 Å². The van der Waals surface area contributed by atoms with E-state index in [2.05, 4.69) is 15.0 Å². The number of anilines is 2. The van der Waals surface area contributed by atoms with Gasteiger partial charge in [-0.15, -0.1) is 0 Å². The van der Waals surface area contributed by atoms with Gasteiger partial charge < -0.3 is 15.4 Å². The Bertz CT molecular complexity index is 969. The molecule has 0 saturated carbocycles. The predicted molar refractivity (Wildman–Crippen MR) is 91.7 cm³/mol. The smallest absolute Gasteiger partial charge is 0.248 e. The van der Waals surface area contributed by atoms with Gasteiger partial charge in [0.2, 0.25) is 5.88 Å². The topological polar surface area (TPSA) is 125 Å². The van der Waals surface area contributed by atoms with Crippen molar-refractivity contribution < 1.29 is 4.74 Å². The summed E-state index contributed by atoms with van der Waals surface area (Å²) < 4.78 is 5.84. The Hall–Kier alpha value is -3.91. The SMILES string of the molecule is N#CCN(CC#N)c1ncnc(Oc2cccc3cccnc23)c1N. The van der Waals surface area contributed by atoms with Crippen LogP contribution < -0.4 is 15.4 Å². The van der Waals surface area contributed by atoms with E-state index in [4.69, 9.17) is 21.0 Å². The summed E-state index contributed by atoms with van der Waals surface area (Å²) >= 11 is 0. The molecule has 1 aromatic carbocycles. The van der Waals surface area contributed by atoms with Gasteiger partial charge in [0.25, 0.3) is 0 Å². The van der Waals surface area contributed by atoms with E-state index in [0.29, 0.717) is 11.3 Å². The van der Waals surface area contributed by atoms with Crippen LogP contribution >= 0.6 is 0 Å². The van der Waals surface area contributed by atoms with Crippen LogP contribution in [-0.2, 0) is 0 Å². The van der Waals surface area contributed by atoms with Gasteiger partial charge in [0.1, 0.15) is 30.6 Å². The lowest BCUT2D eigenvalue weighted by Gasteiger charge is -2.19. The molecule has 0 radical (unpaired) electrons. The average Bonchev–Trinajstić information content (AvgIpc) is 2.64. The Labute approximate surface area is 143 Å². The molecule has 3 rings (SSSR count). The molecule has 3 aromatic rings. The Morgan fingerprint density at radius 3 is 2.56 bits per heavy atom. The molecule has 0 aliphatic heterocycles. The van der Waals surface area contributed by atoms with Gasteiger partial charge in [-0.1, -0.05) is 18.2 Å². The summed E-state index contributed by atoms with van der Waals surface area (Å²) in [6.45, 7) is -0.0475. The molecule has 8 nitrogen and oxygen atoms in total. The van der Waals surface area contributed by atoms with E-state index in [1.165, 1.54) is 11.2 Å². The highest BCUT2D eigenvalue weighted by molar-refractivity contribution is 5.84. The van der Waals surface area contributed by atoms with Crippen molar-refractivity contribution in [3.63, 3.8) is 0 Å². The van der Waals surface area contributed by atoms with E-state index in [1.54, 1.807) is 12.3 Å². The highest BCUT2D eigenvalue weighted by Gasteiger charge is 2.17. The Morgan fingerprint density at radius 1 is 1.04 bits per heavy atom. The van der Waals surface area contributed by atoms with Crippen LogP contribution in [-0.4, -0.2) is 28.0 Å². The molecule has 2 aromatic heterocycles. The molecule has 0 atom stereocenters. The Kier molecular flexibility index (Phi) is 4.54. The number of pyridine rings is 1. The number of hydrogen-bond acceptors (Lipinski definition) is 8. The number of nitriles is 2. The molecular weight excluding hydrogens is 318 g/mol. The molecule has 0 bridgehead atoms. The van der Waals surface area contributed by atoms with Gasteiger partial charge in [-0.3, -0.25) is 4.98 Å². The molecule has 122 valence electrons. The van der Waals surface area contributed by atoms with Crippen molar-refractivity contribution >= 4 is 22.4 Å². The molecule has 0 saturated heterocycles. The fourth-order valence-electron chi connectivity index (χ4n) is 2.34. The normalized spacial score (nSPS) is 10.0. The molecule has 0 amide bonds. The molecule has 0 fully saturated rings. The number of para-hydroxylation sites is 1. The van der Waals surface area contributed by atoms with E-state index in [-0.39, 0.29) is 30.5 Å². The van der Waals surface area contributed by atoms with Gasteiger partial charge >= 0.3 is 0 Å². The van der Waals surface area contributed by atoms with Gasteiger partial charge in [-0.2, -0.15) is 15.5 Å². The second-order valence-corrected chi connectivity index (χ2v) is 5.02. The molecule has 2 heterocycles. The monoisotopic (exact) mass is 331 g/mol. The minimum atomic E-state index is -0.0238. The van der Waals surface area contributed by atoms with Crippen molar-refractivity contribution in [2.75, 3.05) is 23.7 Å². The first-order chi connectivity index (χ1) is 12.2. The summed E-state index contributed by atoms with van der Waals surface area (Å²) in [5.41, 5.74) is 6.94. The van der Waals surface area contributed by atoms with Crippen LogP contribution in [0, 0.1) is 22.7 Å². The summed E-state index contributed by atoms with van der Waals surface area (Å²) in [5.74, 6) is 0.923. The maximum absolute atomic E-state index is 8.91. The fraction of sp³-hybridized carbons (Fsp3) is 0.118. The lowest BCUT2D eigenvalue weighted by molar-refractivity contribution is 0.468. The van der Waals surface area contributed by atoms with Crippen LogP contribution in [0.25, 0.3) is 10.9 Å². The van der Waals surface area contributed by atoms with E-state index in [0.717, 1.165) is 5.39 Å². The zero-order valence-corrected chi connectivity index (χ0v) is 13.1. The third-order valence-electron chi connectivity index (χ3n) is 3.45. The number of hydrogen-bond donors (Lipinski definition) is 1. The van der Waals surface area contributed by atoms with E-state index < -0.39 is 0 Å². The maximum Gasteiger partial charge on any atom is 0.248 e. The third-order valence-corrected chi connectivity index (χ3v) is 3.45. The van der Waals surface area contributed by atoms with Crippen molar-refractivity contribution in [2.45, 2.75) is 0 Å². The molecule has 0 unspecified atom stereocenters. The largest absolute Gasteiger partial charge is 0.435 e. The molecule has 8 heteroatoms. The first-order valence-corrected chi connectivity index (χ1v) is 7.35. The summed E-state index contributed by atoms with van der Waals surface area (Å²) in [7, 11) is 0. The van der Waals surface area contributed by atoms with Crippen molar-refractivity contribution in [3.05, 3.63) is 42.9 Å². The van der Waals surface area contributed by atoms with E-state index in [1.807, 2.05) is 36.4 Å². The van der Waals surface area contributed by atoms with E-state index in [9.17, 15) is 0 Å². The maximum atomic E-state index is 8.91. The lowest BCUT2D eigenvalue weighted by Crippen LogP contribution is -2.26. The van der Waals surface area contributed by atoms with Crippen LogP contribution in [0.1, 0.15) is 0 Å². The number of aromatic nitrogens is 3. The van der Waals surface area contributed by atoms with Gasteiger partial charge in [-0.25, -0.2) is 4.98 Å². The predicted octanol–water partition coefficient (Wildman–Crippen LogP) is 2.25. The average molecular weight is 331 g/mol. The summed E-state index contributed by atoms with van der Waals surface area (Å²) in [5, 5.41) is 18.7. The first-order valence-electron chi connectivity index (χ1n) is 7.35. The van der Waals surface area contributed by atoms with Gasteiger partial charge in [0.05, 0.1) is 12.1 Å². The highest BCUT2D eigenvalue weighted by atomic mass is 16.5. The molecular formula is C17H13N7O. The molecule has 25 heavy (non-hydrogen) atoms. The highest BCUT2D eigenvalue weighted by Crippen LogP contribution is 2.33. The number of ether oxygens (including phenoxy) is 1. The van der Waals surface area contributed by atoms with Crippen molar-refractivity contribution in [2.24, 2.45) is 0 Å². The number of fused-ring (bicyclic) bond motifs is 1. The minimum Gasteiger partial charge on any atom is -0.435 e. The third kappa shape index (κ3) is 3.23. The standard InChI is InChI=1S/C17H13N7O/c18-6-9-24(10-7-19)16-14(20)17(23-11-22-16)25-13-5-1-3-12-4-2-8-21-15(12)13/h1-5,8,11H,9-10,20H2. The minimum absolute atomic E-state index is 0.0238. The molecule has 0 spiro atoms.